The molecule has 0 bridgehead atoms. The van der Waals surface area contributed by atoms with Gasteiger partial charge in [0.25, 0.3) is 0 Å². The largest absolute Gasteiger partial charge is 0.402 e. The number of aryl methyl sites for hydroxylation is 1. The third kappa shape index (κ3) is 5.27. The Bertz CT molecular complexity index is 802. The van der Waals surface area contributed by atoms with Crippen molar-refractivity contribution in [1.29, 1.82) is 5.26 Å². The Balaban J connectivity index is 2.20. The SMILES string of the molecule is CCOP(=S)(OCC)ON=C1C=CC(=C(C#N)c2ccccc2C)S1. The third-order valence-electron chi connectivity index (χ3n) is 3.17. The van der Waals surface area contributed by atoms with Gasteiger partial charge in [-0.3, -0.25) is 9.05 Å². The van der Waals surface area contributed by atoms with Crippen molar-refractivity contribution in [2.45, 2.75) is 20.8 Å². The van der Waals surface area contributed by atoms with Crippen LogP contribution in [0.5, 0.6) is 0 Å². The van der Waals surface area contributed by atoms with Gasteiger partial charge in [0.1, 0.15) is 11.1 Å². The molecule has 25 heavy (non-hydrogen) atoms. The Morgan fingerprint density at radius 1 is 1.24 bits per heavy atom. The molecule has 5 nitrogen and oxygen atoms in total. The molecule has 0 N–H and O–H groups in total. The van der Waals surface area contributed by atoms with Gasteiger partial charge < -0.3 is 4.62 Å². The Morgan fingerprint density at radius 2 is 1.92 bits per heavy atom. The van der Waals surface area contributed by atoms with E-state index >= 15 is 0 Å². The number of benzene rings is 1. The number of allylic oxidation sites excluding steroid dienone is 2. The Labute approximate surface area is 157 Å². The fraction of sp³-hybridized carbons (Fsp3) is 0.294. The number of hydrogen-bond donors (Lipinski definition) is 0. The van der Waals surface area contributed by atoms with Gasteiger partial charge in [0.05, 0.1) is 18.8 Å². The van der Waals surface area contributed by atoms with E-state index in [-0.39, 0.29) is 0 Å². The van der Waals surface area contributed by atoms with Crippen LogP contribution < -0.4 is 0 Å². The van der Waals surface area contributed by atoms with Crippen molar-refractivity contribution < 1.29 is 13.7 Å². The molecule has 132 valence electrons. The minimum atomic E-state index is -2.87. The molecular formula is C17H19N2O3PS2. The summed E-state index contributed by atoms with van der Waals surface area (Å²) < 4.78 is 16.2. The smallest absolute Gasteiger partial charge is 0.313 e. The molecule has 0 saturated heterocycles. The molecule has 1 aromatic carbocycles. The van der Waals surface area contributed by atoms with Crippen molar-refractivity contribution in [3.8, 4) is 6.07 Å². The zero-order valence-electron chi connectivity index (χ0n) is 14.3. The highest BCUT2D eigenvalue weighted by molar-refractivity contribution is 8.18. The normalized spacial score (nSPS) is 17.6. The number of oxime groups is 1. The molecule has 0 amide bonds. The van der Waals surface area contributed by atoms with E-state index in [1.807, 2.05) is 51.1 Å². The van der Waals surface area contributed by atoms with Crippen LogP contribution in [0.4, 0.5) is 0 Å². The molecule has 0 saturated carbocycles. The minimum Gasteiger partial charge on any atom is -0.313 e. The van der Waals surface area contributed by atoms with E-state index in [9.17, 15) is 5.26 Å². The van der Waals surface area contributed by atoms with Crippen molar-refractivity contribution in [3.05, 3.63) is 52.4 Å². The summed E-state index contributed by atoms with van der Waals surface area (Å²) in [7, 11) is 0. The second-order valence-corrected chi connectivity index (χ2v) is 8.87. The summed E-state index contributed by atoms with van der Waals surface area (Å²) in [6.07, 6.45) is 3.63. The first kappa shape index (κ1) is 19.9. The summed E-state index contributed by atoms with van der Waals surface area (Å²) in [6.45, 7) is 3.54. The number of hydrogen-bond acceptors (Lipinski definition) is 7. The van der Waals surface area contributed by atoms with Crippen molar-refractivity contribution in [2.75, 3.05) is 13.2 Å². The molecule has 0 spiro atoms. The standard InChI is InChI=1S/C17H19N2O3PS2/c1-4-20-23(24,21-5-2)22-19-17-11-10-16(25-17)15(12-18)14-9-7-6-8-13(14)3/h6-11H,4-5H2,1-3H3. The molecule has 0 aromatic heterocycles. The van der Waals surface area contributed by atoms with E-state index in [1.165, 1.54) is 11.8 Å². The highest BCUT2D eigenvalue weighted by Gasteiger charge is 2.22. The molecule has 1 aliphatic rings. The van der Waals surface area contributed by atoms with E-state index in [0.29, 0.717) is 23.8 Å². The quantitative estimate of drug-likeness (QED) is 0.362. The molecule has 1 aromatic rings. The van der Waals surface area contributed by atoms with E-state index in [1.54, 1.807) is 6.08 Å². The van der Waals surface area contributed by atoms with Gasteiger partial charge in [-0.25, -0.2) is 0 Å². The average molecular weight is 394 g/mol. The molecule has 1 heterocycles. The maximum Gasteiger partial charge on any atom is 0.402 e. The van der Waals surface area contributed by atoms with Gasteiger partial charge in [-0.2, -0.15) is 5.26 Å². The van der Waals surface area contributed by atoms with Gasteiger partial charge in [-0.1, -0.05) is 41.2 Å². The van der Waals surface area contributed by atoms with Crippen LogP contribution in [0, 0.1) is 18.3 Å². The van der Waals surface area contributed by atoms with E-state index < -0.39 is 6.72 Å². The summed E-state index contributed by atoms with van der Waals surface area (Å²) >= 11 is 6.63. The molecule has 0 atom stereocenters. The van der Waals surface area contributed by atoms with E-state index in [4.69, 9.17) is 25.5 Å². The van der Waals surface area contributed by atoms with Crippen LogP contribution in [-0.2, 0) is 25.5 Å². The van der Waals surface area contributed by atoms with Crippen LogP contribution >= 0.6 is 18.5 Å². The van der Waals surface area contributed by atoms with E-state index in [2.05, 4.69) is 11.2 Å². The van der Waals surface area contributed by atoms with Gasteiger partial charge in [0, 0.05) is 16.7 Å². The summed E-state index contributed by atoms with van der Waals surface area (Å²) in [5.41, 5.74) is 2.57. The maximum absolute atomic E-state index is 9.57. The lowest BCUT2D eigenvalue weighted by molar-refractivity contribution is 0.172. The van der Waals surface area contributed by atoms with Crippen LogP contribution in [0.15, 0.2) is 46.5 Å². The van der Waals surface area contributed by atoms with Gasteiger partial charge in [-0.05, 0) is 44.1 Å². The molecule has 8 heteroatoms. The van der Waals surface area contributed by atoms with Crippen molar-refractivity contribution in [2.24, 2.45) is 5.16 Å². The van der Waals surface area contributed by atoms with Gasteiger partial charge in [-0.15, -0.1) is 0 Å². The predicted molar refractivity (Wildman–Crippen MR) is 107 cm³/mol. The fourth-order valence-corrected chi connectivity index (χ4v) is 4.71. The molecule has 0 fully saturated rings. The maximum atomic E-state index is 9.57. The zero-order valence-corrected chi connectivity index (χ0v) is 16.8. The predicted octanol–water partition coefficient (Wildman–Crippen LogP) is 5.16. The van der Waals surface area contributed by atoms with Crippen LogP contribution in [0.2, 0.25) is 0 Å². The molecule has 0 radical (unpaired) electrons. The number of nitrogens with zero attached hydrogens (tertiary/aromatic N) is 2. The number of thioether (sulfide) groups is 1. The monoisotopic (exact) mass is 394 g/mol. The molecule has 0 unspecified atom stereocenters. The molecule has 1 aliphatic heterocycles. The second-order valence-electron chi connectivity index (χ2n) is 4.90. The van der Waals surface area contributed by atoms with Crippen molar-refractivity contribution in [3.63, 3.8) is 0 Å². The van der Waals surface area contributed by atoms with Gasteiger partial charge >= 0.3 is 6.72 Å². The van der Waals surface area contributed by atoms with E-state index in [0.717, 1.165) is 16.0 Å². The van der Waals surface area contributed by atoms with Gasteiger partial charge in [0.2, 0.25) is 0 Å². The Hall–Kier alpha value is -1.42. The molecule has 2 rings (SSSR count). The first-order chi connectivity index (χ1) is 12.0. The lowest BCUT2D eigenvalue weighted by Gasteiger charge is -2.17. The topological polar surface area (TPSA) is 63.8 Å². The summed E-state index contributed by atoms with van der Waals surface area (Å²) in [5.74, 6) is 0. The molecular weight excluding hydrogens is 375 g/mol. The Kier molecular flexibility index (Phi) is 7.42. The minimum absolute atomic E-state index is 0.391. The average Bonchev–Trinajstić information content (AvgIpc) is 3.05. The first-order valence-electron chi connectivity index (χ1n) is 7.75. The zero-order chi connectivity index (χ0) is 18.3. The van der Waals surface area contributed by atoms with Crippen molar-refractivity contribution >= 4 is 40.9 Å². The fourth-order valence-electron chi connectivity index (χ4n) is 2.10. The highest BCUT2D eigenvalue weighted by Crippen LogP contribution is 2.50. The van der Waals surface area contributed by atoms with Crippen LogP contribution in [0.1, 0.15) is 25.0 Å². The summed E-state index contributed by atoms with van der Waals surface area (Å²) in [6, 6.07) is 10.1. The lowest BCUT2D eigenvalue weighted by Crippen LogP contribution is -1.97. The second kappa shape index (κ2) is 9.33. The number of rotatable bonds is 7. The lowest BCUT2D eigenvalue weighted by atomic mass is 10.0. The van der Waals surface area contributed by atoms with Crippen molar-refractivity contribution in [1.82, 2.24) is 0 Å². The molecule has 0 aliphatic carbocycles. The highest BCUT2D eigenvalue weighted by atomic mass is 32.5. The van der Waals surface area contributed by atoms with Crippen LogP contribution in [0.25, 0.3) is 5.57 Å². The summed E-state index contributed by atoms with van der Waals surface area (Å²) in [4.78, 5) is 0.820. The first-order valence-corrected chi connectivity index (χ1v) is 11.1. The summed E-state index contributed by atoms with van der Waals surface area (Å²) in [5, 5.41) is 14.2. The van der Waals surface area contributed by atoms with Crippen LogP contribution in [-0.4, -0.2) is 18.3 Å². The van der Waals surface area contributed by atoms with Crippen LogP contribution in [0.3, 0.4) is 0 Å². The third-order valence-corrected chi connectivity index (χ3v) is 6.41. The Morgan fingerprint density at radius 3 is 2.52 bits per heavy atom. The number of nitriles is 1. The van der Waals surface area contributed by atoms with Gasteiger partial charge in [0.15, 0.2) is 0 Å².